The van der Waals surface area contributed by atoms with Crippen molar-refractivity contribution in [1.29, 1.82) is 0 Å². The Kier molecular flexibility index (Phi) is 4.07. The van der Waals surface area contributed by atoms with Crippen LogP contribution in [0.3, 0.4) is 0 Å². The fourth-order valence-electron chi connectivity index (χ4n) is 2.02. The zero-order chi connectivity index (χ0) is 14.0. The van der Waals surface area contributed by atoms with Gasteiger partial charge in [0.05, 0.1) is 36.3 Å². The molecule has 2 N–H and O–H groups in total. The number of halogens is 1. The van der Waals surface area contributed by atoms with Gasteiger partial charge in [0.2, 0.25) is 0 Å². The number of ether oxygens (including phenoxy) is 1. The average molecular weight is 281 g/mol. The van der Waals surface area contributed by atoms with Crippen LogP contribution in [0.1, 0.15) is 37.2 Å². The molecule has 0 saturated carbocycles. The Labute approximate surface area is 117 Å². The minimum atomic E-state index is -0.407. The standard InChI is InChI=1S/C13H17ClN4O/c1-8(2)18-13(10(14)6-17-18)12(15)9-4-5-16-7-11(9)19-3/h4-8,12H,15H2,1-3H3. The molecule has 2 heterocycles. The van der Waals surface area contributed by atoms with E-state index >= 15 is 0 Å². The summed E-state index contributed by atoms with van der Waals surface area (Å²) in [6.07, 6.45) is 4.94. The molecule has 0 aromatic carbocycles. The first kappa shape index (κ1) is 13.8. The monoisotopic (exact) mass is 280 g/mol. The van der Waals surface area contributed by atoms with Gasteiger partial charge in [-0.15, -0.1) is 0 Å². The number of nitrogens with zero attached hydrogens (tertiary/aromatic N) is 3. The number of pyridine rings is 1. The van der Waals surface area contributed by atoms with E-state index in [2.05, 4.69) is 10.1 Å². The number of rotatable bonds is 4. The van der Waals surface area contributed by atoms with Gasteiger partial charge >= 0.3 is 0 Å². The molecule has 102 valence electrons. The Bertz CT molecular complexity index is 568. The quantitative estimate of drug-likeness (QED) is 0.935. The molecule has 0 saturated heterocycles. The van der Waals surface area contributed by atoms with E-state index in [0.717, 1.165) is 11.3 Å². The van der Waals surface area contributed by atoms with E-state index in [4.69, 9.17) is 22.1 Å². The highest BCUT2D eigenvalue weighted by Crippen LogP contribution is 2.32. The molecule has 2 aromatic rings. The molecule has 2 rings (SSSR count). The zero-order valence-electron chi connectivity index (χ0n) is 11.2. The maximum absolute atomic E-state index is 6.32. The maximum atomic E-state index is 6.32. The van der Waals surface area contributed by atoms with E-state index in [1.807, 2.05) is 24.6 Å². The van der Waals surface area contributed by atoms with Crippen molar-refractivity contribution in [1.82, 2.24) is 14.8 Å². The van der Waals surface area contributed by atoms with Gasteiger partial charge in [-0.1, -0.05) is 11.6 Å². The molecular formula is C13H17ClN4O. The fraction of sp³-hybridized carbons (Fsp3) is 0.385. The van der Waals surface area contributed by atoms with Crippen LogP contribution in [0.15, 0.2) is 24.7 Å². The summed E-state index contributed by atoms with van der Waals surface area (Å²) in [6.45, 7) is 4.06. The third kappa shape index (κ3) is 2.57. The molecule has 0 radical (unpaired) electrons. The first-order valence-electron chi connectivity index (χ1n) is 6.02. The van der Waals surface area contributed by atoms with E-state index in [9.17, 15) is 0 Å². The van der Waals surface area contributed by atoms with Gasteiger partial charge in [-0.3, -0.25) is 9.67 Å². The maximum Gasteiger partial charge on any atom is 0.142 e. The van der Waals surface area contributed by atoms with Crippen molar-refractivity contribution in [2.45, 2.75) is 25.9 Å². The predicted octanol–water partition coefficient (Wildman–Crippen LogP) is 2.57. The summed E-state index contributed by atoms with van der Waals surface area (Å²) < 4.78 is 7.12. The fourth-order valence-corrected chi connectivity index (χ4v) is 2.27. The first-order chi connectivity index (χ1) is 9.06. The van der Waals surface area contributed by atoms with Crippen LogP contribution in [0.2, 0.25) is 5.02 Å². The highest BCUT2D eigenvalue weighted by molar-refractivity contribution is 6.31. The Morgan fingerprint density at radius 1 is 1.37 bits per heavy atom. The molecule has 0 bridgehead atoms. The lowest BCUT2D eigenvalue weighted by atomic mass is 10.0. The van der Waals surface area contributed by atoms with E-state index in [0.29, 0.717) is 10.8 Å². The van der Waals surface area contributed by atoms with Crippen molar-refractivity contribution in [3.8, 4) is 5.75 Å². The Balaban J connectivity index is 2.50. The molecule has 1 atom stereocenters. The topological polar surface area (TPSA) is 66.0 Å². The second-order valence-corrected chi connectivity index (χ2v) is 4.92. The van der Waals surface area contributed by atoms with Gasteiger partial charge in [-0.25, -0.2) is 0 Å². The van der Waals surface area contributed by atoms with Crippen molar-refractivity contribution in [2.75, 3.05) is 7.11 Å². The Morgan fingerprint density at radius 3 is 2.74 bits per heavy atom. The van der Waals surface area contributed by atoms with Crippen LogP contribution in [0.4, 0.5) is 0 Å². The molecule has 6 heteroatoms. The van der Waals surface area contributed by atoms with Gasteiger partial charge in [0.1, 0.15) is 5.75 Å². The van der Waals surface area contributed by atoms with E-state index < -0.39 is 6.04 Å². The van der Waals surface area contributed by atoms with E-state index in [1.165, 1.54) is 0 Å². The summed E-state index contributed by atoms with van der Waals surface area (Å²) in [5.74, 6) is 0.641. The number of nitrogens with two attached hydrogens (primary N) is 1. The molecular weight excluding hydrogens is 264 g/mol. The van der Waals surface area contributed by atoms with Crippen LogP contribution in [0.5, 0.6) is 5.75 Å². The Hall–Kier alpha value is -1.59. The SMILES string of the molecule is COc1cnccc1C(N)c1c(Cl)cnn1C(C)C. The number of hydrogen-bond donors (Lipinski definition) is 1. The minimum Gasteiger partial charge on any atom is -0.495 e. The van der Waals surface area contributed by atoms with Gasteiger partial charge < -0.3 is 10.5 Å². The molecule has 0 aliphatic carbocycles. The summed E-state index contributed by atoms with van der Waals surface area (Å²) >= 11 is 6.21. The summed E-state index contributed by atoms with van der Waals surface area (Å²) in [5, 5.41) is 4.82. The molecule has 0 aliphatic heterocycles. The summed E-state index contributed by atoms with van der Waals surface area (Å²) in [6, 6.07) is 1.61. The molecule has 1 unspecified atom stereocenters. The lowest BCUT2D eigenvalue weighted by molar-refractivity contribution is 0.403. The number of methoxy groups -OCH3 is 1. The second-order valence-electron chi connectivity index (χ2n) is 4.51. The smallest absolute Gasteiger partial charge is 0.142 e. The third-order valence-electron chi connectivity index (χ3n) is 2.94. The number of aromatic nitrogens is 3. The molecule has 0 amide bonds. The van der Waals surface area contributed by atoms with Gasteiger partial charge in [0, 0.05) is 17.8 Å². The van der Waals surface area contributed by atoms with Crippen molar-refractivity contribution in [3.63, 3.8) is 0 Å². The lowest BCUT2D eigenvalue weighted by Gasteiger charge is -2.19. The van der Waals surface area contributed by atoms with Crippen LogP contribution in [-0.2, 0) is 0 Å². The average Bonchev–Trinajstić information content (AvgIpc) is 2.80. The van der Waals surface area contributed by atoms with Crippen LogP contribution >= 0.6 is 11.6 Å². The first-order valence-corrected chi connectivity index (χ1v) is 6.40. The van der Waals surface area contributed by atoms with Crippen molar-refractivity contribution in [2.24, 2.45) is 5.73 Å². The second kappa shape index (κ2) is 5.59. The molecule has 2 aromatic heterocycles. The van der Waals surface area contributed by atoms with Crippen molar-refractivity contribution < 1.29 is 4.74 Å². The number of hydrogen-bond acceptors (Lipinski definition) is 4. The van der Waals surface area contributed by atoms with Crippen molar-refractivity contribution in [3.05, 3.63) is 40.9 Å². The highest BCUT2D eigenvalue weighted by Gasteiger charge is 2.22. The highest BCUT2D eigenvalue weighted by atomic mass is 35.5. The normalized spacial score (nSPS) is 12.7. The van der Waals surface area contributed by atoms with Crippen LogP contribution in [0.25, 0.3) is 0 Å². The van der Waals surface area contributed by atoms with Crippen LogP contribution in [-0.4, -0.2) is 21.9 Å². The molecule has 5 nitrogen and oxygen atoms in total. The van der Waals surface area contributed by atoms with E-state index in [-0.39, 0.29) is 6.04 Å². The van der Waals surface area contributed by atoms with Gasteiger partial charge in [0.25, 0.3) is 0 Å². The summed E-state index contributed by atoms with van der Waals surface area (Å²) in [5.41, 5.74) is 7.94. The molecule has 0 fully saturated rings. The van der Waals surface area contributed by atoms with Gasteiger partial charge in [-0.2, -0.15) is 5.10 Å². The molecule has 19 heavy (non-hydrogen) atoms. The van der Waals surface area contributed by atoms with Gasteiger partial charge in [-0.05, 0) is 19.9 Å². The minimum absolute atomic E-state index is 0.182. The van der Waals surface area contributed by atoms with E-state index in [1.54, 1.807) is 25.7 Å². The summed E-state index contributed by atoms with van der Waals surface area (Å²) in [4.78, 5) is 4.02. The van der Waals surface area contributed by atoms with Crippen molar-refractivity contribution >= 4 is 11.6 Å². The zero-order valence-corrected chi connectivity index (χ0v) is 11.9. The lowest BCUT2D eigenvalue weighted by Crippen LogP contribution is -2.19. The van der Waals surface area contributed by atoms with Crippen LogP contribution < -0.4 is 10.5 Å². The largest absolute Gasteiger partial charge is 0.495 e. The van der Waals surface area contributed by atoms with Gasteiger partial charge in [0.15, 0.2) is 0 Å². The molecule has 0 spiro atoms. The summed E-state index contributed by atoms with van der Waals surface area (Å²) in [7, 11) is 1.59. The van der Waals surface area contributed by atoms with Crippen LogP contribution in [0, 0.1) is 0 Å². The molecule has 0 aliphatic rings. The third-order valence-corrected chi connectivity index (χ3v) is 3.23. The Morgan fingerprint density at radius 2 is 2.11 bits per heavy atom. The predicted molar refractivity (Wildman–Crippen MR) is 74.4 cm³/mol.